The minimum atomic E-state index is -0.912. The molecule has 2 amide bonds. The highest BCUT2D eigenvalue weighted by Gasteiger charge is 2.41. The van der Waals surface area contributed by atoms with E-state index >= 15 is 0 Å². The van der Waals surface area contributed by atoms with Gasteiger partial charge in [-0.1, -0.05) is 42.1 Å². The van der Waals surface area contributed by atoms with Crippen molar-refractivity contribution < 1.29 is 9.59 Å². The van der Waals surface area contributed by atoms with Crippen LogP contribution in [0.5, 0.6) is 0 Å². The molecular weight excluding hydrogens is 367 g/mol. The van der Waals surface area contributed by atoms with Gasteiger partial charge in [0, 0.05) is 4.88 Å². The Bertz CT molecular complexity index is 798. The van der Waals surface area contributed by atoms with Crippen LogP contribution in [-0.2, 0) is 4.79 Å². The van der Waals surface area contributed by atoms with Crippen molar-refractivity contribution in [2.24, 2.45) is 5.73 Å². The summed E-state index contributed by atoms with van der Waals surface area (Å²) in [5.41, 5.74) is 5.48. The zero-order valence-corrected chi connectivity index (χ0v) is 15.1. The Labute approximate surface area is 153 Å². The molecule has 1 fully saturated rings. The van der Waals surface area contributed by atoms with Gasteiger partial charge in [0.2, 0.25) is 5.91 Å². The predicted octanol–water partition coefficient (Wildman–Crippen LogP) is 4.25. The highest BCUT2D eigenvalue weighted by molar-refractivity contribution is 7.17. The van der Waals surface area contributed by atoms with Gasteiger partial charge in [0.1, 0.15) is 5.54 Å². The summed E-state index contributed by atoms with van der Waals surface area (Å²) in [5.74, 6) is -0.735. The Kier molecular flexibility index (Phi) is 4.85. The van der Waals surface area contributed by atoms with Crippen molar-refractivity contribution in [1.29, 1.82) is 0 Å². The summed E-state index contributed by atoms with van der Waals surface area (Å²) < 4.78 is 0. The number of rotatable bonds is 4. The lowest BCUT2D eigenvalue weighted by molar-refractivity contribution is -0.123. The van der Waals surface area contributed by atoms with Crippen LogP contribution < -0.4 is 11.1 Å². The summed E-state index contributed by atoms with van der Waals surface area (Å²) in [5, 5.41) is 3.79. The number of amides is 2. The van der Waals surface area contributed by atoms with Gasteiger partial charge in [0.25, 0.3) is 5.91 Å². The van der Waals surface area contributed by atoms with Crippen molar-refractivity contribution in [3.8, 4) is 10.4 Å². The number of primary amides is 1. The summed E-state index contributed by atoms with van der Waals surface area (Å²) in [7, 11) is 0. The molecule has 0 radical (unpaired) electrons. The molecule has 0 saturated heterocycles. The maximum atomic E-state index is 12.5. The zero-order chi connectivity index (χ0) is 17.3. The molecule has 1 heterocycles. The summed E-state index contributed by atoms with van der Waals surface area (Å²) >= 11 is 13.3. The Hall–Kier alpha value is -1.56. The van der Waals surface area contributed by atoms with Gasteiger partial charge in [0.15, 0.2) is 0 Å². The highest BCUT2D eigenvalue weighted by atomic mass is 35.5. The Morgan fingerprint density at radius 3 is 2.42 bits per heavy atom. The topological polar surface area (TPSA) is 72.2 Å². The largest absolute Gasteiger partial charge is 0.368 e. The van der Waals surface area contributed by atoms with E-state index in [-0.39, 0.29) is 5.91 Å². The molecule has 1 aliphatic carbocycles. The molecule has 1 aromatic carbocycles. The molecule has 0 bridgehead atoms. The van der Waals surface area contributed by atoms with Crippen molar-refractivity contribution in [2.75, 3.05) is 0 Å². The second-order valence-corrected chi connectivity index (χ2v) is 7.80. The quantitative estimate of drug-likeness (QED) is 0.829. The van der Waals surface area contributed by atoms with Gasteiger partial charge >= 0.3 is 0 Å². The van der Waals surface area contributed by atoms with Crippen LogP contribution in [0, 0.1) is 0 Å². The molecule has 0 spiro atoms. The third kappa shape index (κ3) is 3.29. The number of carbonyl (C=O) groups is 2. The van der Waals surface area contributed by atoms with Crippen LogP contribution in [0.15, 0.2) is 30.3 Å². The average molecular weight is 383 g/mol. The molecule has 7 heteroatoms. The van der Waals surface area contributed by atoms with Crippen LogP contribution in [0.4, 0.5) is 0 Å². The fraction of sp³-hybridized carbons (Fsp3) is 0.294. The number of nitrogens with two attached hydrogens (primary N) is 1. The number of carbonyl (C=O) groups excluding carboxylic acids is 2. The molecule has 3 rings (SSSR count). The van der Waals surface area contributed by atoms with E-state index in [9.17, 15) is 9.59 Å². The highest BCUT2D eigenvalue weighted by Crippen LogP contribution is 2.34. The van der Waals surface area contributed by atoms with Gasteiger partial charge in [-0.3, -0.25) is 9.59 Å². The van der Waals surface area contributed by atoms with E-state index < -0.39 is 11.4 Å². The third-order valence-corrected chi connectivity index (χ3v) is 6.19. The van der Waals surface area contributed by atoms with Crippen molar-refractivity contribution in [1.82, 2.24) is 5.32 Å². The monoisotopic (exact) mass is 382 g/mol. The van der Waals surface area contributed by atoms with E-state index in [1.165, 1.54) is 11.3 Å². The van der Waals surface area contributed by atoms with E-state index in [4.69, 9.17) is 28.9 Å². The second kappa shape index (κ2) is 6.75. The van der Waals surface area contributed by atoms with E-state index in [1.807, 2.05) is 12.1 Å². The smallest absolute Gasteiger partial charge is 0.262 e. The second-order valence-electron chi connectivity index (χ2n) is 5.90. The number of hydrogen-bond acceptors (Lipinski definition) is 3. The molecule has 4 nitrogen and oxygen atoms in total. The molecular formula is C17H16Cl2N2O2S. The molecule has 3 N–H and O–H groups in total. The Morgan fingerprint density at radius 1 is 1.08 bits per heavy atom. The number of benzene rings is 1. The lowest BCUT2D eigenvalue weighted by Crippen LogP contribution is -2.55. The molecule has 2 aromatic rings. The van der Waals surface area contributed by atoms with Crippen LogP contribution in [0.2, 0.25) is 10.0 Å². The van der Waals surface area contributed by atoms with Gasteiger partial charge in [-0.25, -0.2) is 0 Å². The van der Waals surface area contributed by atoms with E-state index in [2.05, 4.69) is 5.32 Å². The van der Waals surface area contributed by atoms with E-state index in [0.717, 1.165) is 23.3 Å². The zero-order valence-electron chi connectivity index (χ0n) is 12.8. The average Bonchev–Trinajstić information content (AvgIpc) is 3.20. The minimum Gasteiger partial charge on any atom is -0.368 e. The van der Waals surface area contributed by atoms with Crippen LogP contribution in [0.25, 0.3) is 10.4 Å². The fourth-order valence-electron chi connectivity index (χ4n) is 2.95. The number of halogens is 2. The van der Waals surface area contributed by atoms with Gasteiger partial charge in [0.05, 0.1) is 14.9 Å². The first kappa shape index (κ1) is 17.3. The first-order valence-corrected chi connectivity index (χ1v) is 9.16. The summed E-state index contributed by atoms with van der Waals surface area (Å²) in [6.07, 6.45) is 2.97. The maximum Gasteiger partial charge on any atom is 0.262 e. The molecule has 0 unspecified atom stereocenters. The molecule has 126 valence electrons. The van der Waals surface area contributed by atoms with Gasteiger partial charge < -0.3 is 11.1 Å². The molecule has 1 aromatic heterocycles. The minimum absolute atomic E-state index is 0.271. The van der Waals surface area contributed by atoms with Gasteiger partial charge in [-0.15, -0.1) is 11.3 Å². The van der Waals surface area contributed by atoms with Gasteiger partial charge in [-0.2, -0.15) is 0 Å². The fourth-order valence-corrected chi connectivity index (χ4v) is 4.15. The number of nitrogens with one attached hydrogen (secondary N) is 1. The summed E-state index contributed by atoms with van der Waals surface area (Å²) in [6, 6.07) is 8.93. The summed E-state index contributed by atoms with van der Waals surface area (Å²) in [4.78, 5) is 25.7. The summed E-state index contributed by atoms with van der Waals surface area (Å²) in [6.45, 7) is 0. The van der Waals surface area contributed by atoms with Gasteiger partial charge in [-0.05, 0) is 42.7 Å². The Balaban J connectivity index is 1.81. The van der Waals surface area contributed by atoms with Crippen molar-refractivity contribution in [3.63, 3.8) is 0 Å². The predicted molar refractivity (Wildman–Crippen MR) is 97.6 cm³/mol. The third-order valence-electron chi connectivity index (χ3n) is 4.32. The van der Waals surface area contributed by atoms with Crippen molar-refractivity contribution in [3.05, 3.63) is 45.3 Å². The molecule has 24 heavy (non-hydrogen) atoms. The SMILES string of the molecule is NC(=O)C1(NC(=O)c2ccc(-c3ccc(Cl)c(Cl)c3)s2)CCCC1. The van der Waals surface area contributed by atoms with E-state index in [1.54, 1.807) is 18.2 Å². The standard InChI is InChI=1S/C17H16Cl2N2O2S/c18-11-4-3-10(9-12(11)19)13-5-6-14(24-13)15(22)21-17(16(20)23)7-1-2-8-17/h3-6,9H,1-2,7-8H2,(H2,20,23)(H,21,22). The molecule has 0 atom stereocenters. The first-order valence-electron chi connectivity index (χ1n) is 7.59. The number of thiophene rings is 1. The lowest BCUT2D eigenvalue weighted by atomic mass is 9.96. The molecule has 1 aliphatic rings. The normalized spacial score (nSPS) is 16.1. The molecule has 0 aliphatic heterocycles. The van der Waals surface area contributed by atoms with Crippen molar-refractivity contribution >= 4 is 46.4 Å². The number of hydrogen-bond donors (Lipinski definition) is 2. The van der Waals surface area contributed by atoms with Crippen LogP contribution in [-0.4, -0.2) is 17.4 Å². The van der Waals surface area contributed by atoms with E-state index in [0.29, 0.717) is 27.8 Å². The Morgan fingerprint density at radius 2 is 1.79 bits per heavy atom. The lowest BCUT2D eigenvalue weighted by Gasteiger charge is -2.26. The van der Waals surface area contributed by atoms with Crippen LogP contribution in [0.3, 0.4) is 0 Å². The van der Waals surface area contributed by atoms with Crippen molar-refractivity contribution in [2.45, 2.75) is 31.2 Å². The first-order chi connectivity index (χ1) is 11.4. The maximum absolute atomic E-state index is 12.5. The van der Waals surface area contributed by atoms with Crippen LogP contribution in [0.1, 0.15) is 35.4 Å². The van der Waals surface area contributed by atoms with Crippen LogP contribution >= 0.6 is 34.5 Å². The molecule has 1 saturated carbocycles.